The van der Waals surface area contributed by atoms with E-state index in [9.17, 15) is 0 Å². The molecule has 15 heavy (non-hydrogen) atoms. The molecule has 1 rings (SSSR count). The van der Waals surface area contributed by atoms with E-state index in [2.05, 4.69) is 33.1 Å². The van der Waals surface area contributed by atoms with Gasteiger partial charge in [-0.25, -0.2) is 0 Å². The Kier molecular flexibility index (Phi) is 3.11. The van der Waals surface area contributed by atoms with Gasteiger partial charge in [-0.15, -0.1) is 0 Å². The van der Waals surface area contributed by atoms with Crippen molar-refractivity contribution in [2.24, 2.45) is 11.1 Å². The van der Waals surface area contributed by atoms with Gasteiger partial charge in [0.05, 0.1) is 5.70 Å². The molecule has 2 nitrogen and oxygen atoms in total. The first-order chi connectivity index (χ1) is 6.90. The number of hydrogen-bond acceptors (Lipinski definition) is 2. The van der Waals surface area contributed by atoms with Crippen molar-refractivity contribution in [1.82, 2.24) is 0 Å². The monoisotopic (exact) mass is 205 g/mol. The fraction of sp³-hybridized carbons (Fsp3) is 0.462. The molecule has 0 saturated heterocycles. The van der Waals surface area contributed by atoms with Crippen LogP contribution in [0.25, 0.3) is 0 Å². The van der Waals surface area contributed by atoms with E-state index < -0.39 is 0 Å². The number of rotatable bonds is 2. The molecule has 0 aromatic rings. The van der Waals surface area contributed by atoms with E-state index in [1.165, 1.54) is 11.8 Å². The van der Waals surface area contributed by atoms with Gasteiger partial charge in [-0.2, -0.15) is 0 Å². The summed E-state index contributed by atoms with van der Waals surface area (Å²) in [6, 6.07) is 0. The molecule has 2 N–H and O–H groups in total. The van der Waals surface area contributed by atoms with Crippen molar-refractivity contribution in [1.29, 1.82) is 0 Å². The molecule has 1 aliphatic rings. The summed E-state index contributed by atoms with van der Waals surface area (Å²) in [6.45, 7) is 11.9. The number of nitrogens with two attached hydrogens (primary N) is 1. The van der Waals surface area contributed by atoms with Crippen molar-refractivity contribution in [3.05, 3.63) is 41.2 Å². The molecule has 0 spiro atoms. The predicted octanol–water partition coefficient (Wildman–Crippen LogP) is 3.24. The Labute approximate surface area is 91.8 Å². The maximum atomic E-state index is 6.10. The van der Waals surface area contributed by atoms with Crippen LogP contribution in [0.2, 0.25) is 0 Å². The van der Waals surface area contributed by atoms with Crippen molar-refractivity contribution in [3.63, 3.8) is 0 Å². The van der Waals surface area contributed by atoms with Gasteiger partial charge in [0, 0.05) is 5.41 Å². The van der Waals surface area contributed by atoms with Gasteiger partial charge in [-0.3, -0.25) is 0 Å². The fourth-order valence-corrected chi connectivity index (χ4v) is 1.85. The summed E-state index contributed by atoms with van der Waals surface area (Å²) in [5.41, 5.74) is 11.9. The molecule has 2 heteroatoms. The first kappa shape index (κ1) is 11.7. The standard InChI is InChI=1S/C13H19NO/c1-6-7-15-11-10(3)9(2)8-13(4,5)12(11)14/h7H,1,8,14H2,2-5H3. The van der Waals surface area contributed by atoms with E-state index in [4.69, 9.17) is 10.5 Å². The third-order valence-electron chi connectivity index (χ3n) is 2.92. The van der Waals surface area contributed by atoms with Gasteiger partial charge >= 0.3 is 0 Å². The highest BCUT2D eigenvalue weighted by Crippen LogP contribution is 2.40. The van der Waals surface area contributed by atoms with Crippen molar-refractivity contribution >= 4 is 0 Å². The van der Waals surface area contributed by atoms with E-state index in [1.54, 1.807) is 0 Å². The highest BCUT2D eigenvalue weighted by molar-refractivity contribution is 5.39. The molecular formula is C13H19NO. The molecule has 0 radical (unpaired) electrons. The van der Waals surface area contributed by atoms with E-state index in [1.807, 2.05) is 6.92 Å². The average molecular weight is 205 g/mol. The second-order valence-corrected chi connectivity index (χ2v) is 4.65. The second-order valence-electron chi connectivity index (χ2n) is 4.65. The molecule has 82 valence electrons. The lowest BCUT2D eigenvalue weighted by molar-refractivity contribution is 0.313. The minimum atomic E-state index is -0.0338. The maximum absolute atomic E-state index is 6.10. The van der Waals surface area contributed by atoms with Gasteiger partial charge in [0.2, 0.25) is 0 Å². The van der Waals surface area contributed by atoms with Gasteiger partial charge in [0.25, 0.3) is 0 Å². The molecular weight excluding hydrogens is 186 g/mol. The first-order valence-electron chi connectivity index (χ1n) is 5.08. The fourth-order valence-electron chi connectivity index (χ4n) is 1.85. The smallest absolute Gasteiger partial charge is 0.149 e. The summed E-state index contributed by atoms with van der Waals surface area (Å²) < 4.78 is 5.46. The number of hydrogen-bond donors (Lipinski definition) is 1. The van der Waals surface area contributed by atoms with Crippen molar-refractivity contribution in [2.45, 2.75) is 34.1 Å². The zero-order valence-electron chi connectivity index (χ0n) is 9.98. The lowest BCUT2D eigenvalue weighted by atomic mass is 9.76. The van der Waals surface area contributed by atoms with Gasteiger partial charge < -0.3 is 10.5 Å². The second kappa shape index (κ2) is 4.00. The minimum Gasteiger partial charge on any atom is -0.455 e. The van der Waals surface area contributed by atoms with Gasteiger partial charge in [0.1, 0.15) is 12.0 Å². The van der Waals surface area contributed by atoms with Crippen LogP contribution in [-0.2, 0) is 4.74 Å². The van der Waals surface area contributed by atoms with E-state index in [0.717, 1.165) is 23.5 Å². The highest BCUT2D eigenvalue weighted by Gasteiger charge is 2.31. The SMILES string of the molecule is C=C=COC1=C(N)C(C)(C)CC(C)=C1C. The van der Waals surface area contributed by atoms with Crippen molar-refractivity contribution in [3.8, 4) is 0 Å². The molecule has 0 aliphatic heterocycles. The first-order valence-corrected chi connectivity index (χ1v) is 5.08. The Morgan fingerprint density at radius 2 is 2.07 bits per heavy atom. The summed E-state index contributed by atoms with van der Waals surface area (Å²) >= 11 is 0. The molecule has 0 heterocycles. The van der Waals surface area contributed by atoms with E-state index >= 15 is 0 Å². The Morgan fingerprint density at radius 3 is 2.60 bits per heavy atom. The predicted molar refractivity (Wildman–Crippen MR) is 62.8 cm³/mol. The zero-order chi connectivity index (χ0) is 11.6. The molecule has 0 atom stereocenters. The lowest BCUT2D eigenvalue weighted by Gasteiger charge is -2.33. The highest BCUT2D eigenvalue weighted by atomic mass is 16.5. The Hall–Kier alpha value is -1.40. The van der Waals surface area contributed by atoms with Crippen molar-refractivity contribution in [2.75, 3.05) is 0 Å². The Morgan fingerprint density at radius 1 is 1.47 bits per heavy atom. The lowest BCUT2D eigenvalue weighted by Crippen LogP contribution is -2.27. The van der Waals surface area contributed by atoms with Crippen LogP contribution in [0, 0.1) is 5.41 Å². The summed E-state index contributed by atoms with van der Waals surface area (Å²) in [6.07, 6.45) is 2.43. The average Bonchev–Trinajstić information content (AvgIpc) is 2.15. The van der Waals surface area contributed by atoms with Crippen LogP contribution in [0.3, 0.4) is 0 Å². The normalized spacial score (nSPS) is 20.0. The molecule has 0 unspecified atom stereocenters. The van der Waals surface area contributed by atoms with Gasteiger partial charge in [0.15, 0.2) is 0 Å². The summed E-state index contributed by atoms with van der Waals surface area (Å²) in [7, 11) is 0. The Bertz CT molecular complexity index is 379. The number of ether oxygens (including phenoxy) is 1. The van der Waals surface area contributed by atoms with E-state index in [-0.39, 0.29) is 5.41 Å². The topological polar surface area (TPSA) is 35.2 Å². The van der Waals surface area contributed by atoms with Crippen LogP contribution >= 0.6 is 0 Å². The molecule has 0 aromatic carbocycles. The minimum absolute atomic E-state index is 0.0338. The Balaban J connectivity index is 3.20. The third kappa shape index (κ3) is 2.16. The molecule has 0 fully saturated rings. The van der Waals surface area contributed by atoms with Gasteiger partial charge in [-0.05, 0) is 25.8 Å². The summed E-state index contributed by atoms with van der Waals surface area (Å²) in [4.78, 5) is 0. The van der Waals surface area contributed by atoms with Crippen LogP contribution in [0.4, 0.5) is 0 Å². The third-order valence-corrected chi connectivity index (χ3v) is 2.92. The molecule has 0 saturated carbocycles. The van der Waals surface area contributed by atoms with Crippen molar-refractivity contribution < 1.29 is 4.74 Å². The molecule has 1 aliphatic carbocycles. The van der Waals surface area contributed by atoms with Crippen LogP contribution in [0.15, 0.2) is 41.2 Å². The van der Waals surface area contributed by atoms with Crippen LogP contribution in [-0.4, -0.2) is 0 Å². The number of allylic oxidation sites excluding steroid dienone is 3. The van der Waals surface area contributed by atoms with Crippen LogP contribution < -0.4 is 5.73 Å². The van der Waals surface area contributed by atoms with Crippen LogP contribution in [0.1, 0.15) is 34.1 Å². The molecule has 0 bridgehead atoms. The molecule has 0 amide bonds. The quantitative estimate of drug-likeness (QED) is 0.555. The molecule has 0 aromatic heterocycles. The van der Waals surface area contributed by atoms with Crippen LogP contribution in [0.5, 0.6) is 0 Å². The zero-order valence-corrected chi connectivity index (χ0v) is 9.98. The summed E-state index contributed by atoms with van der Waals surface area (Å²) in [5, 5.41) is 0. The largest absolute Gasteiger partial charge is 0.455 e. The van der Waals surface area contributed by atoms with E-state index in [0.29, 0.717) is 0 Å². The maximum Gasteiger partial charge on any atom is 0.149 e. The van der Waals surface area contributed by atoms with Gasteiger partial charge in [-0.1, -0.05) is 31.7 Å². The summed E-state index contributed by atoms with van der Waals surface area (Å²) in [5.74, 6) is 0.764.